The van der Waals surface area contributed by atoms with Gasteiger partial charge < -0.3 is 38.1 Å². The van der Waals surface area contributed by atoms with Crippen LogP contribution < -0.4 is 33.4 Å². The third-order valence-corrected chi connectivity index (χ3v) is 8.07. The van der Waals surface area contributed by atoms with Crippen molar-refractivity contribution in [1.82, 2.24) is 4.90 Å². The minimum Gasteiger partial charge on any atom is -0.454 e. The van der Waals surface area contributed by atoms with Gasteiger partial charge in [-0.2, -0.15) is 0 Å². The van der Waals surface area contributed by atoms with Gasteiger partial charge in [-0.05, 0) is 35.9 Å². The summed E-state index contributed by atoms with van der Waals surface area (Å²) >= 11 is 0. The number of likely N-dealkylation sites (tertiary alicyclic amines) is 1. The summed E-state index contributed by atoms with van der Waals surface area (Å²) in [5.74, 6) is -6.28. The van der Waals surface area contributed by atoms with Gasteiger partial charge in [-0.1, -0.05) is 12.1 Å². The van der Waals surface area contributed by atoms with Crippen molar-refractivity contribution < 1.29 is 43.0 Å². The van der Waals surface area contributed by atoms with Gasteiger partial charge in [0.05, 0.1) is 28.2 Å². The SMILES string of the molecule is NC(=O)c1cccc(C(=O)c2cc3c4c(c2N)C(=O)c2cccc(c2N)OC(=O)C(N)C4OC(=O)C(N2C(=O)CC2=O)C3)c1N. The second-order valence-electron chi connectivity index (χ2n) is 10.7. The Balaban J connectivity index is 1.67. The van der Waals surface area contributed by atoms with Crippen molar-refractivity contribution in [2.75, 3.05) is 17.2 Å². The average Bonchev–Trinajstić information content (AvgIpc) is 3.12. The van der Waals surface area contributed by atoms with Crippen molar-refractivity contribution in [3.05, 3.63) is 81.4 Å². The highest BCUT2D eigenvalue weighted by atomic mass is 16.6. The highest BCUT2D eigenvalue weighted by Crippen LogP contribution is 2.42. The lowest BCUT2D eigenvalue weighted by molar-refractivity contribution is -0.173. The average molecular weight is 613 g/mol. The first-order chi connectivity index (χ1) is 21.3. The monoisotopic (exact) mass is 612 g/mol. The standard InChI is InChI=1S/C30H24N6O9/c31-21-11(3-1-5-13(21)28(35)41)25(39)14-7-10-8-15(36-17(37)9-18(36)38)29(42)45-27-19(10)20(23(14)33)26(40)12-4-2-6-16(22(12)32)44-30(43)24(27)34/h1-7,15,24,27H,8-9,31-34H2,(H2,35,41). The summed E-state index contributed by atoms with van der Waals surface area (Å²) in [6, 6.07) is 6.01. The molecule has 0 spiro atoms. The zero-order valence-corrected chi connectivity index (χ0v) is 23.2. The number of nitrogen functional groups attached to an aromatic ring is 3. The zero-order chi connectivity index (χ0) is 32.5. The Morgan fingerprint density at radius 3 is 2.16 bits per heavy atom. The summed E-state index contributed by atoms with van der Waals surface area (Å²) < 4.78 is 11.0. The molecule has 1 fully saturated rings. The first-order valence-electron chi connectivity index (χ1n) is 13.5. The number of para-hydroxylation sites is 2. The Morgan fingerprint density at radius 1 is 0.822 bits per heavy atom. The number of hydrogen-bond acceptors (Lipinski definition) is 13. The number of ketones is 2. The van der Waals surface area contributed by atoms with Crippen LogP contribution in [-0.4, -0.2) is 58.2 Å². The topological polar surface area (TPSA) is 271 Å². The molecule has 0 aliphatic carbocycles. The molecule has 3 atom stereocenters. The quantitative estimate of drug-likeness (QED) is 0.0622. The number of fused-ring (bicyclic) bond motifs is 2. The molecule has 1 saturated heterocycles. The van der Waals surface area contributed by atoms with Crippen LogP contribution in [0.1, 0.15) is 65.9 Å². The number of primary amides is 1. The van der Waals surface area contributed by atoms with E-state index in [9.17, 15) is 33.6 Å². The Hall–Kier alpha value is -6.09. The van der Waals surface area contributed by atoms with E-state index in [1.54, 1.807) is 0 Å². The van der Waals surface area contributed by atoms with Crippen LogP contribution in [0.2, 0.25) is 0 Å². The number of imide groups is 1. The van der Waals surface area contributed by atoms with Crippen LogP contribution in [0.5, 0.6) is 5.75 Å². The number of carbonyl (C=O) groups excluding carboxylic acids is 7. The minimum absolute atomic E-state index is 0.0347. The third kappa shape index (κ3) is 4.36. The molecule has 45 heavy (non-hydrogen) atoms. The van der Waals surface area contributed by atoms with Gasteiger partial charge in [0.25, 0.3) is 5.91 Å². The molecule has 3 amide bonds. The first kappa shape index (κ1) is 29.0. The van der Waals surface area contributed by atoms with E-state index in [4.69, 9.17) is 38.1 Å². The fourth-order valence-corrected chi connectivity index (χ4v) is 5.78. The largest absolute Gasteiger partial charge is 0.454 e. The predicted molar refractivity (Wildman–Crippen MR) is 154 cm³/mol. The van der Waals surface area contributed by atoms with Crippen molar-refractivity contribution in [3.8, 4) is 5.75 Å². The minimum atomic E-state index is -1.76. The number of benzene rings is 3. The van der Waals surface area contributed by atoms with Crippen LogP contribution in [0, 0.1) is 0 Å². The summed E-state index contributed by atoms with van der Waals surface area (Å²) in [4.78, 5) is 92.4. The molecule has 0 saturated carbocycles. The maximum atomic E-state index is 14.3. The Kier molecular flexibility index (Phi) is 6.62. The molecule has 2 bridgehead atoms. The molecule has 228 valence electrons. The molecule has 0 radical (unpaired) electrons. The van der Waals surface area contributed by atoms with Gasteiger partial charge in [0.1, 0.15) is 18.5 Å². The van der Waals surface area contributed by atoms with Gasteiger partial charge in [-0.25, -0.2) is 9.59 Å². The lowest BCUT2D eigenvalue weighted by Gasteiger charge is -2.34. The number of hydrogen-bond donors (Lipinski definition) is 5. The van der Waals surface area contributed by atoms with Crippen molar-refractivity contribution in [2.24, 2.45) is 11.5 Å². The molecule has 15 heteroatoms. The molecule has 0 aromatic heterocycles. The summed E-state index contributed by atoms with van der Waals surface area (Å²) in [6.45, 7) is 0. The number of amides is 3. The van der Waals surface area contributed by atoms with Crippen LogP contribution in [-0.2, 0) is 30.3 Å². The molecule has 3 aromatic rings. The second-order valence-corrected chi connectivity index (χ2v) is 10.7. The lowest BCUT2D eigenvalue weighted by Crippen LogP contribution is -2.58. The molecular formula is C30H24N6O9. The molecule has 3 heterocycles. The predicted octanol–water partition coefficient (Wildman–Crippen LogP) is -0.492. The van der Waals surface area contributed by atoms with Gasteiger partial charge in [0.2, 0.25) is 11.8 Å². The van der Waals surface area contributed by atoms with Crippen LogP contribution in [0.3, 0.4) is 0 Å². The van der Waals surface area contributed by atoms with E-state index < -0.39 is 77.9 Å². The Morgan fingerprint density at radius 2 is 1.49 bits per heavy atom. The highest BCUT2D eigenvalue weighted by molar-refractivity contribution is 6.23. The first-order valence-corrected chi connectivity index (χ1v) is 13.5. The van der Waals surface area contributed by atoms with Crippen LogP contribution >= 0.6 is 0 Å². The van der Waals surface area contributed by atoms with Crippen LogP contribution in [0.4, 0.5) is 17.1 Å². The van der Waals surface area contributed by atoms with Crippen LogP contribution in [0.25, 0.3) is 0 Å². The van der Waals surface area contributed by atoms with Crippen molar-refractivity contribution in [1.29, 1.82) is 0 Å². The Labute approximate surface area is 253 Å². The van der Waals surface area contributed by atoms with Crippen LogP contribution in [0.15, 0.2) is 42.5 Å². The van der Waals surface area contributed by atoms with E-state index in [1.165, 1.54) is 42.5 Å². The van der Waals surface area contributed by atoms with Gasteiger partial charge in [0.15, 0.2) is 23.4 Å². The maximum Gasteiger partial charge on any atom is 0.332 e. The molecule has 3 aliphatic heterocycles. The van der Waals surface area contributed by atoms with E-state index in [1.807, 2.05) is 0 Å². The van der Waals surface area contributed by atoms with E-state index in [0.29, 0.717) is 4.90 Å². The normalized spacial score (nSPS) is 20.8. The van der Waals surface area contributed by atoms with Gasteiger partial charge in [0, 0.05) is 28.7 Å². The number of esters is 2. The number of β-lactam (4-membered cyclic amide) rings is 2. The molecule has 3 unspecified atom stereocenters. The number of rotatable bonds is 4. The molecule has 3 aromatic carbocycles. The van der Waals surface area contributed by atoms with E-state index in [-0.39, 0.29) is 56.1 Å². The zero-order valence-electron chi connectivity index (χ0n) is 23.2. The molecule has 3 aliphatic rings. The number of carbonyl (C=O) groups is 7. The van der Waals surface area contributed by atoms with Gasteiger partial charge in [-0.3, -0.25) is 28.9 Å². The lowest BCUT2D eigenvalue weighted by atomic mass is 9.82. The van der Waals surface area contributed by atoms with Gasteiger partial charge >= 0.3 is 11.9 Å². The summed E-state index contributed by atoms with van der Waals surface area (Å²) in [5, 5.41) is 0. The third-order valence-electron chi connectivity index (χ3n) is 8.07. The molecular weight excluding hydrogens is 588 g/mol. The van der Waals surface area contributed by atoms with Crippen molar-refractivity contribution in [3.63, 3.8) is 0 Å². The molecule has 10 N–H and O–H groups in total. The van der Waals surface area contributed by atoms with Crippen molar-refractivity contribution in [2.45, 2.75) is 31.0 Å². The van der Waals surface area contributed by atoms with Crippen molar-refractivity contribution >= 4 is 58.3 Å². The number of anilines is 3. The number of ether oxygens (including phenoxy) is 2. The maximum absolute atomic E-state index is 14.3. The smallest absolute Gasteiger partial charge is 0.332 e. The Bertz CT molecular complexity index is 1920. The summed E-state index contributed by atoms with van der Waals surface area (Å²) in [7, 11) is 0. The second kappa shape index (κ2) is 10.3. The molecule has 15 nitrogen and oxygen atoms in total. The summed E-state index contributed by atoms with van der Waals surface area (Å²) in [6.07, 6.45) is -2.59. The van der Waals surface area contributed by atoms with E-state index in [2.05, 4.69) is 0 Å². The fourth-order valence-electron chi connectivity index (χ4n) is 5.78. The number of nitrogens with zero attached hydrogens (tertiary/aromatic N) is 1. The number of nitrogens with two attached hydrogens (primary N) is 5. The van der Waals surface area contributed by atoms with E-state index in [0.717, 1.165) is 0 Å². The molecule has 6 rings (SSSR count). The van der Waals surface area contributed by atoms with Gasteiger partial charge in [-0.15, -0.1) is 0 Å². The fraction of sp³-hybridized carbons (Fsp3) is 0.167. The summed E-state index contributed by atoms with van der Waals surface area (Å²) in [5.41, 5.74) is 28.4. The van der Waals surface area contributed by atoms with E-state index >= 15 is 0 Å². The highest BCUT2D eigenvalue weighted by Gasteiger charge is 2.49.